The third-order valence-electron chi connectivity index (χ3n) is 1.65. The van der Waals surface area contributed by atoms with E-state index in [1.54, 1.807) is 18.3 Å². The van der Waals surface area contributed by atoms with Crippen LogP contribution in [0.25, 0.3) is 0 Å². The SMILES string of the molecule is C=CCCNc1nccc(C#N)c1Cl. The molecule has 1 aromatic heterocycles. The summed E-state index contributed by atoms with van der Waals surface area (Å²) in [6.07, 6.45) is 4.19. The quantitative estimate of drug-likeness (QED) is 0.610. The summed E-state index contributed by atoms with van der Waals surface area (Å²) in [5.41, 5.74) is 0.433. The highest BCUT2D eigenvalue weighted by atomic mass is 35.5. The fraction of sp³-hybridized carbons (Fsp3) is 0.200. The summed E-state index contributed by atoms with van der Waals surface area (Å²) >= 11 is 5.91. The van der Waals surface area contributed by atoms with Crippen molar-refractivity contribution >= 4 is 17.4 Å². The number of nitriles is 1. The van der Waals surface area contributed by atoms with Gasteiger partial charge in [-0.2, -0.15) is 5.26 Å². The lowest BCUT2D eigenvalue weighted by Crippen LogP contribution is -2.03. The number of hydrogen-bond donors (Lipinski definition) is 1. The molecule has 0 aliphatic carbocycles. The van der Waals surface area contributed by atoms with E-state index in [-0.39, 0.29) is 0 Å². The lowest BCUT2D eigenvalue weighted by Gasteiger charge is -2.05. The topological polar surface area (TPSA) is 48.7 Å². The van der Waals surface area contributed by atoms with E-state index in [1.165, 1.54) is 0 Å². The zero-order valence-corrected chi connectivity index (χ0v) is 8.38. The zero-order valence-electron chi connectivity index (χ0n) is 7.63. The Bertz CT molecular complexity index is 368. The summed E-state index contributed by atoms with van der Waals surface area (Å²) in [5.74, 6) is 0.549. The lowest BCUT2D eigenvalue weighted by atomic mass is 10.3. The van der Waals surface area contributed by atoms with Gasteiger partial charge in [-0.1, -0.05) is 17.7 Å². The minimum Gasteiger partial charge on any atom is -0.368 e. The number of rotatable bonds is 4. The van der Waals surface area contributed by atoms with Crippen molar-refractivity contribution in [3.05, 3.63) is 35.5 Å². The van der Waals surface area contributed by atoms with Crippen molar-refractivity contribution in [1.82, 2.24) is 4.98 Å². The Kier molecular flexibility index (Phi) is 3.96. The molecule has 14 heavy (non-hydrogen) atoms. The standard InChI is InChI=1S/C10H10ClN3/c1-2-3-5-13-10-9(11)8(7-12)4-6-14-10/h2,4,6H,1,3,5H2,(H,13,14). The first-order valence-electron chi connectivity index (χ1n) is 4.19. The summed E-state index contributed by atoms with van der Waals surface area (Å²) < 4.78 is 0. The largest absolute Gasteiger partial charge is 0.368 e. The van der Waals surface area contributed by atoms with Crippen molar-refractivity contribution in [2.24, 2.45) is 0 Å². The van der Waals surface area contributed by atoms with Crippen LogP contribution in [-0.2, 0) is 0 Å². The summed E-state index contributed by atoms with van der Waals surface area (Å²) in [5, 5.41) is 12.1. The molecule has 0 atom stereocenters. The minimum atomic E-state index is 0.374. The molecule has 1 heterocycles. The smallest absolute Gasteiger partial charge is 0.146 e. The Labute approximate surface area is 88.0 Å². The molecule has 72 valence electrons. The molecule has 0 aliphatic rings. The Hall–Kier alpha value is -1.53. The van der Waals surface area contributed by atoms with Gasteiger partial charge in [-0.3, -0.25) is 0 Å². The summed E-state index contributed by atoms with van der Waals surface area (Å²) in [7, 11) is 0. The fourth-order valence-electron chi connectivity index (χ4n) is 0.946. The molecule has 3 nitrogen and oxygen atoms in total. The van der Waals surface area contributed by atoms with Crippen molar-refractivity contribution in [2.45, 2.75) is 6.42 Å². The summed E-state index contributed by atoms with van der Waals surface area (Å²) in [4.78, 5) is 4.03. The van der Waals surface area contributed by atoms with Crippen LogP contribution in [0.2, 0.25) is 5.02 Å². The van der Waals surface area contributed by atoms with Gasteiger partial charge in [0.05, 0.1) is 5.56 Å². The van der Waals surface area contributed by atoms with E-state index < -0.39 is 0 Å². The van der Waals surface area contributed by atoms with E-state index in [0.29, 0.717) is 22.9 Å². The zero-order chi connectivity index (χ0) is 10.4. The van der Waals surface area contributed by atoms with Gasteiger partial charge in [0.1, 0.15) is 16.9 Å². The minimum absolute atomic E-state index is 0.374. The Morgan fingerprint density at radius 3 is 3.14 bits per heavy atom. The van der Waals surface area contributed by atoms with Crippen LogP contribution in [0.4, 0.5) is 5.82 Å². The van der Waals surface area contributed by atoms with Crippen LogP contribution in [0.5, 0.6) is 0 Å². The molecule has 0 spiro atoms. The van der Waals surface area contributed by atoms with Crippen molar-refractivity contribution in [1.29, 1.82) is 5.26 Å². The number of pyridine rings is 1. The Morgan fingerprint density at radius 2 is 2.50 bits per heavy atom. The van der Waals surface area contributed by atoms with Gasteiger partial charge in [-0.25, -0.2) is 4.98 Å². The van der Waals surface area contributed by atoms with Crippen LogP contribution >= 0.6 is 11.6 Å². The molecule has 0 amide bonds. The van der Waals surface area contributed by atoms with E-state index in [4.69, 9.17) is 16.9 Å². The van der Waals surface area contributed by atoms with Crippen LogP contribution in [-0.4, -0.2) is 11.5 Å². The number of nitrogens with one attached hydrogen (secondary N) is 1. The first kappa shape index (κ1) is 10.6. The molecule has 1 aromatic rings. The molecule has 0 aliphatic heterocycles. The molecule has 0 fully saturated rings. The van der Waals surface area contributed by atoms with Gasteiger partial charge in [0.25, 0.3) is 0 Å². The van der Waals surface area contributed by atoms with Crippen LogP contribution in [0, 0.1) is 11.3 Å². The molecule has 0 aromatic carbocycles. The second-order valence-electron chi connectivity index (χ2n) is 2.64. The number of nitrogens with zero attached hydrogens (tertiary/aromatic N) is 2. The number of aromatic nitrogens is 1. The van der Waals surface area contributed by atoms with E-state index >= 15 is 0 Å². The number of halogens is 1. The van der Waals surface area contributed by atoms with Gasteiger partial charge in [0.15, 0.2) is 0 Å². The van der Waals surface area contributed by atoms with Crippen LogP contribution in [0.1, 0.15) is 12.0 Å². The van der Waals surface area contributed by atoms with Gasteiger partial charge in [0.2, 0.25) is 0 Å². The Morgan fingerprint density at radius 1 is 1.71 bits per heavy atom. The van der Waals surface area contributed by atoms with E-state index in [2.05, 4.69) is 16.9 Å². The molecular weight excluding hydrogens is 198 g/mol. The predicted molar refractivity (Wildman–Crippen MR) is 57.3 cm³/mol. The van der Waals surface area contributed by atoms with Gasteiger partial charge in [-0.05, 0) is 12.5 Å². The van der Waals surface area contributed by atoms with Crippen LogP contribution < -0.4 is 5.32 Å². The maximum absolute atomic E-state index is 8.71. The second kappa shape index (κ2) is 5.25. The van der Waals surface area contributed by atoms with E-state index in [0.717, 1.165) is 6.42 Å². The Balaban J connectivity index is 2.77. The van der Waals surface area contributed by atoms with Crippen molar-refractivity contribution in [2.75, 3.05) is 11.9 Å². The maximum atomic E-state index is 8.71. The number of hydrogen-bond acceptors (Lipinski definition) is 3. The average molecular weight is 208 g/mol. The molecular formula is C10H10ClN3. The van der Waals surface area contributed by atoms with Crippen molar-refractivity contribution in [3.8, 4) is 6.07 Å². The molecule has 1 N–H and O–H groups in total. The summed E-state index contributed by atoms with van der Waals surface area (Å²) in [6, 6.07) is 3.58. The van der Waals surface area contributed by atoms with Crippen molar-refractivity contribution in [3.63, 3.8) is 0 Å². The first-order valence-corrected chi connectivity index (χ1v) is 4.56. The van der Waals surface area contributed by atoms with Crippen LogP contribution in [0.15, 0.2) is 24.9 Å². The van der Waals surface area contributed by atoms with E-state index in [1.807, 2.05) is 6.07 Å². The van der Waals surface area contributed by atoms with Crippen molar-refractivity contribution < 1.29 is 0 Å². The van der Waals surface area contributed by atoms with Gasteiger partial charge in [0, 0.05) is 12.7 Å². The van der Waals surface area contributed by atoms with Gasteiger partial charge < -0.3 is 5.32 Å². The fourth-order valence-corrected chi connectivity index (χ4v) is 1.17. The molecule has 1 rings (SSSR count). The van der Waals surface area contributed by atoms with E-state index in [9.17, 15) is 0 Å². The highest BCUT2D eigenvalue weighted by Gasteiger charge is 2.05. The molecule has 0 bridgehead atoms. The van der Waals surface area contributed by atoms with Gasteiger partial charge >= 0.3 is 0 Å². The average Bonchev–Trinajstić information content (AvgIpc) is 2.21. The molecule has 4 heteroatoms. The second-order valence-corrected chi connectivity index (χ2v) is 3.01. The first-order chi connectivity index (χ1) is 6.79. The molecule has 0 unspecified atom stereocenters. The normalized spacial score (nSPS) is 9.14. The molecule has 0 saturated carbocycles. The third kappa shape index (κ3) is 2.48. The summed E-state index contributed by atoms with van der Waals surface area (Å²) in [6.45, 7) is 4.32. The predicted octanol–water partition coefficient (Wildman–Crippen LogP) is 2.59. The van der Waals surface area contributed by atoms with Gasteiger partial charge in [-0.15, -0.1) is 6.58 Å². The maximum Gasteiger partial charge on any atom is 0.146 e. The van der Waals surface area contributed by atoms with Crippen LogP contribution in [0.3, 0.4) is 0 Å². The highest BCUT2D eigenvalue weighted by Crippen LogP contribution is 2.22. The lowest BCUT2D eigenvalue weighted by molar-refractivity contribution is 1.05. The molecule has 0 radical (unpaired) electrons. The number of anilines is 1. The third-order valence-corrected chi connectivity index (χ3v) is 2.03. The highest BCUT2D eigenvalue weighted by molar-refractivity contribution is 6.34. The monoisotopic (exact) mass is 207 g/mol. The molecule has 0 saturated heterocycles.